The second-order valence-electron chi connectivity index (χ2n) is 8.50. The molecule has 36 heavy (non-hydrogen) atoms. The van der Waals surface area contributed by atoms with Gasteiger partial charge in [-0.3, -0.25) is 9.59 Å². The summed E-state index contributed by atoms with van der Waals surface area (Å²) in [6, 6.07) is 5.46. The molecule has 0 radical (unpaired) electrons. The highest BCUT2D eigenvalue weighted by Gasteiger charge is 2.27. The number of carbonyl (C=O) groups is 2. The number of fused-ring (bicyclic) bond motifs is 1. The summed E-state index contributed by atoms with van der Waals surface area (Å²) < 4.78 is 17.6. The molecule has 0 N–H and O–H groups in total. The first kappa shape index (κ1) is 25.2. The topological polar surface area (TPSA) is 111 Å². The minimum Gasteiger partial charge on any atom is -0.497 e. The van der Waals surface area contributed by atoms with Crippen molar-refractivity contribution < 1.29 is 23.8 Å². The number of aryl methyl sites for hydroxylation is 1. The first-order valence-electron chi connectivity index (χ1n) is 12.0. The lowest BCUT2D eigenvalue weighted by molar-refractivity contribution is -0.143. The molecule has 192 valence electrons. The molecule has 1 fully saturated rings. The lowest BCUT2D eigenvalue weighted by Gasteiger charge is -2.37. The minimum absolute atomic E-state index is 0.0283. The van der Waals surface area contributed by atoms with E-state index < -0.39 is 0 Å². The zero-order valence-electron chi connectivity index (χ0n) is 21.2. The van der Waals surface area contributed by atoms with Crippen molar-refractivity contribution in [1.82, 2.24) is 24.5 Å². The maximum Gasteiger partial charge on any atom is 0.306 e. The summed E-state index contributed by atoms with van der Waals surface area (Å²) in [5.41, 5.74) is 2.53. The number of esters is 1. The highest BCUT2D eigenvalue weighted by atomic mass is 16.5. The van der Waals surface area contributed by atoms with Crippen LogP contribution in [0, 0.1) is 6.92 Å². The van der Waals surface area contributed by atoms with Gasteiger partial charge in [-0.05, 0) is 38.5 Å². The van der Waals surface area contributed by atoms with E-state index in [9.17, 15) is 9.59 Å². The number of amides is 1. The van der Waals surface area contributed by atoms with Crippen LogP contribution in [-0.2, 0) is 27.2 Å². The van der Waals surface area contributed by atoms with Crippen LogP contribution in [0.3, 0.4) is 0 Å². The van der Waals surface area contributed by atoms with E-state index in [1.165, 1.54) is 6.33 Å². The number of ether oxygens (including phenoxy) is 3. The Morgan fingerprint density at radius 3 is 2.56 bits per heavy atom. The molecule has 11 nitrogen and oxygen atoms in total. The molecule has 0 aliphatic carbocycles. The largest absolute Gasteiger partial charge is 0.497 e. The van der Waals surface area contributed by atoms with E-state index in [-0.39, 0.29) is 24.7 Å². The van der Waals surface area contributed by atoms with Gasteiger partial charge in [0.05, 0.1) is 27.2 Å². The molecule has 0 unspecified atom stereocenters. The second-order valence-corrected chi connectivity index (χ2v) is 8.50. The third-order valence-electron chi connectivity index (χ3n) is 6.35. The lowest BCUT2D eigenvalue weighted by Crippen LogP contribution is -2.50. The van der Waals surface area contributed by atoms with Crippen molar-refractivity contribution in [2.45, 2.75) is 33.1 Å². The molecule has 3 heterocycles. The van der Waals surface area contributed by atoms with Crippen molar-refractivity contribution in [2.75, 3.05) is 51.9 Å². The molecular weight excluding hydrogens is 464 g/mol. The Labute approximate surface area is 210 Å². The molecule has 4 rings (SSSR count). The normalized spacial score (nSPS) is 13.7. The van der Waals surface area contributed by atoms with Gasteiger partial charge >= 0.3 is 5.97 Å². The summed E-state index contributed by atoms with van der Waals surface area (Å²) in [5.74, 6) is 2.50. The van der Waals surface area contributed by atoms with E-state index in [0.717, 1.165) is 22.6 Å². The van der Waals surface area contributed by atoms with E-state index in [2.05, 4.69) is 20.0 Å². The lowest BCUT2D eigenvalue weighted by atomic mass is 10.1. The van der Waals surface area contributed by atoms with Crippen molar-refractivity contribution in [1.29, 1.82) is 0 Å². The number of piperazine rings is 1. The molecule has 3 aromatic rings. The SMILES string of the molecule is CCOC(=O)CCc1c(C)nc2ncnn2c1N1CCN(C(=O)Cc2cc(OC)ccc2OC)CC1. The third kappa shape index (κ3) is 5.34. The molecule has 1 saturated heterocycles. The highest BCUT2D eigenvalue weighted by molar-refractivity contribution is 5.80. The highest BCUT2D eigenvalue weighted by Crippen LogP contribution is 2.27. The van der Waals surface area contributed by atoms with E-state index >= 15 is 0 Å². The fraction of sp³-hybridized carbons (Fsp3) is 0.480. The zero-order valence-corrected chi connectivity index (χ0v) is 21.2. The van der Waals surface area contributed by atoms with Crippen LogP contribution in [0.2, 0.25) is 0 Å². The monoisotopic (exact) mass is 496 g/mol. The standard InChI is InChI=1S/C25H32N6O5/c1-5-36-23(33)9-7-20-17(2)28-25-26-16-27-31(25)24(20)30-12-10-29(11-13-30)22(32)15-18-14-19(34-3)6-8-21(18)35-4/h6,8,14,16H,5,7,9-13,15H2,1-4H3. The van der Waals surface area contributed by atoms with Gasteiger partial charge in [0.25, 0.3) is 5.78 Å². The third-order valence-corrected chi connectivity index (χ3v) is 6.35. The number of carbonyl (C=O) groups excluding carboxylic acids is 2. The fourth-order valence-corrected chi connectivity index (χ4v) is 4.51. The molecule has 1 amide bonds. The van der Waals surface area contributed by atoms with Crippen LogP contribution in [0.25, 0.3) is 5.78 Å². The number of nitrogens with zero attached hydrogens (tertiary/aromatic N) is 6. The summed E-state index contributed by atoms with van der Waals surface area (Å²) in [5, 5.41) is 4.38. The number of rotatable bonds is 9. The van der Waals surface area contributed by atoms with Crippen LogP contribution in [0.4, 0.5) is 5.82 Å². The van der Waals surface area contributed by atoms with Crippen LogP contribution in [0.15, 0.2) is 24.5 Å². The molecule has 2 aromatic heterocycles. The van der Waals surface area contributed by atoms with Gasteiger partial charge in [0.15, 0.2) is 0 Å². The van der Waals surface area contributed by atoms with E-state index in [4.69, 9.17) is 14.2 Å². The molecule has 0 spiro atoms. The van der Waals surface area contributed by atoms with Gasteiger partial charge < -0.3 is 24.0 Å². The van der Waals surface area contributed by atoms with E-state index in [1.807, 2.05) is 30.0 Å². The Morgan fingerprint density at radius 1 is 1.08 bits per heavy atom. The van der Waals surface area contributed by atoms with Crippen molar-refractivity contribution in [3.05, 3.63) is 41.3 Å². The van der Waals surface area contributed by atoms with Gasteiger partial charge in [-0.2, -0.15) is 14.6 Å². The average Bonchev–Trinajstić information content (AvgIpc) is 3.35. The average molecular weight is 497 g/mol. The molecular formula is C25H32N6O5. The first-order valence-corrected chi connectivity index (χ1v) is 12.0. The second kappa shape index (κ2) is 11.2. The number of methoxy groups -OCH3 is 2. The Kier molecular flexibility index (Phi) is 7.87. The zero-order chi connectivity index (χ0) is 25.7. The Balaban J connectivity index is 1.50. The molecule has 0 saturated carbocycles. The predicted molar refractivity (Wildman–Crippen MR) is 133 cm³/mol. The maximum atomic E-state index is 13.1. The van der Waals surface area contributed by atoms with Crippen LogP contribution in [0.1, 0.15) is 30.2 Å². The van der Waals surface area contributed by atoms with Gasteiger partial charge in [0, 0.05) is 49.4 Å². The summed E-state index contributed by atoms with van der Waals surface area (Å²) in [7, 11) is 3.19. The van der Waals surface area contributed by atoms with Crippen LogP contribution in [-0.4, -0.2) is 83.4 Å². The number of hydrogen-bond acceptors (Lipinski definition) is 9. The number of benzene rings is 1. The summed E-state index contributed by atoms with van der Waals surface area (Å²) in [6.45, 7) is 6.41. The molecule has 1 aromatic carbocycles. The molecule has 11 heteroatoms. The smallest absolute Gasteiger partial charge is 0.306 e. The van der Waals surface area contributed by atoms with Crippen molar-refractivity contribution in [3.63, 3.8) is 0 Å². The maximum absolute atomic E-state index is 13.1. The number of aromatic nitrogens is 4. The molecule has 1 aliphatic rings. The van der Waals surface area contributed by atoms with E-state index in [1.54, 1.807) is 25.7 Å². The van der Waals surface area contributed by atoms with Gasteiger partial charge in [-0.25, -0.2) is 4.98 Å². The van der Waals surface area contributed by atoms with Crippen LogP contribution < -0.4 is 14.4 Å². The van der Waals surface area contributed by atoms with Crippen LogP contribution in [0.5, 0.6) is 11.5 Å². The quantitative estimate of drug-likeness (QED) is 0.410. The minimum atomic E-state index is -0.245. The molecule has 0 bridgehead atoms. The summed E-state index contributed by atoms with van der Waals surface area (Å²) in [4.78, 5) is 38.0. The van der Waals surface area contributed by atoms with Gasteiger partial charge in [0.2, 0.25) is 5.91 Å². The fourth-order valence-electron chi connectivity index (χ4n) is 4.51. The Bertz CT molecular complexity index is 1240. The molecule has 0 atom stereocenters. The van der Waals surface area contributed by atoms with Crippen molar-refractivity contribution in [2.24, 2.45) is 0 Å². The molecule has 1 aliphatic heterocycles. The predicted octanol–water partition coefficient (Wildman–Crippen LogP) is 1.84. The number of anilines is 1. The summed E-state index contributed by atoms with van der Waals surface area (Å²) in [6.07, 6.45) is 2.44. The van der Waals surface area contributed by atoms with E-state index in [0.29, 0.717) is 56.5 Å². The number of hydrogen-bond donors (Lipinski definition) is 0. The Hall–Kier alpha value is -3.89. The van der Waals surface area contributed by atoms with Gasteiger partial charge in [-0.1, -0.05) is 0 Å². The van der Waals surface area contributed by atoms with Crippen LogP contribution >= 0.6 is 0 Å². The summed E-state index contributed by atoms with van der Waals surface area (Å²) >= 11 is 0. The van der Waals surface area contributed by atoms with Gasteiger partial charge in [0.1, 0.15) is 23.6 Å². The first-order chi connectivity index (χ1) is 17.4. The van der Waals surface area contributed by atoms with Crippen molar-refractivity contribution >= 4 is 23.5 Å². The Morgan fingerprint density at radius 2 is 1.86 bits per heavy atom. The van der Waals surface area contributed by atoms with Crippen molar-refractivity contribution in [3.8, 4) is 11.5 Å². The van der Waals surface area contributed by atoms with Gasteiger partial charge in [-0.15, -0.1) is 0 Å².